The van der Waals surface area contributed by atoms with Gasteiger partial charge in [0.05, 0.1) is 23.8 Å². The van der Waals surface area contributed by atoms with Crippen LogP contribution < -0.4 is 11.1 Å². The van der Waals surface area contributed by atoms with Gasteiger partial charge in [0.15, 0.2) is 11.5 Å². The van der Waals surface area contributed by atoms with Crippen molar-refractivity contribution in [3.8, 4) is 11.1 Å². The lowest BCUT2D eigenvalue weighted by Gasteiger charge is -2.23. The number of halogens is 2. The van der Waals surface area contributed by atoms with Crippen molar-refractivity contribution in [2.75, 3.05) is 6.61 Å². The summed E-state index contributed by atoms with van der Waals surface area (Å²) in [5.74, 6) is 0.140. The third kappa shape index (κ3) is 5.56. The zero-order valence-electron chi connectivity index (χ0n) is 18.8. The molecule has 0 spiro atoms. The minimum Gasteiger partial charge on any atom is -0.374 e. The Labute approximate surface area is 207 Å². The van der Waals surface area contributed by atoms with E-state index < -0.39 is 11.6 Å². The molecule has 0 aliphatic rings. The second kappa shape index (κ2) is 10.1. The van der Waals surface area contributed by atoms with Crippen molar-refractivity contribution in [3.05, 3.63) is 88.3 Å². The van der Waals surface area contributed by atoms with E-state index in [0.29, 0.717) is 28.1 Å². The van der Waals surface area contributed by atoms with Gasteiger partial charge in [0, 0.05) is 16.8 Å². The first-order valence-electron chi connectivity index (χ1n) is 10.7. The van der Waals surface area contributed by atoms with Crippen molar-refractivity contribution in [3.63, 3.8) is 0 Å². The van der Waals surface area contributed by atoms with Crippen LogP contribution >= 0.6 is 23.2 Å². The number of nitrogens with zero attached hydrogens (tertiary/aromatic N) is 3. The first kappa shape index (κ1) is 24.2. The number of amides is 1. The average molecular weight is 498 g/mol. The van der Waals surface area contributed by atoms with E-state index in [1.165, 1.54) is 0 Å². The van der Waals surface area contributed by atoms with Gasteiger partial charge in [-0.1, -0.05) is 65.7 Å². The van der Waals surface area contributed by atoms with E-state index in [1.54, 1.807) is 30.5 Å². The maximum Gasteiger partial charge on any atom is 0.240 e. The second-order valence-corrected chi connectivity index (χ2v) is 9.46. The Kier molecular flexibility index (Phi) is 7.19. The molecule has 1 amide bonds. The highest BCUT2D eigenvalue weighted by Crippen LogP contribution is 2.30. The van der Waals surface area contributed by atoms with Gasteiger partial charge < -0.3 is 15.8 Å². The first-order valence-corrected chi connectivity index (χ1v) is 11.5. The summed E-state index contributed by atoms with van der Waals surface area (Å²) in [6.07, 6.45) is 1.71. The Bertz CT molecular complexity index is 1300. The van der Waals surface area contributed by atoms with E-state index in [9.17, 15) is 4.79 Å². The molecule has 4 rings (SSSR count). The number of carbonyl (C=O) groups excluding carboxylic acids is 1. The van der Waals surface area contributed by atoms with Crippen LogP contribution in [-0.2, 0) is 16.1 Å². The summed E-state index contributed by atoms with van der Waals surface area (Å²) in [6.45, 7) is 3.82. The van der Waals surface area contributed by atoms with Crippen molar-refractivity contribution in [1.82, 2.24) is 19.9 Å². The number of benzene rings is 2. The Morgan fingerprint density at radius 2 is 1.85 bits per heavy atom. The largest absolute Gasteiger partial charge is 0.374 e. The Morgan fingerprint density at radius 3 is 2.56 bits per heavy atom. The van der Waals surface area contributed by atoms with Crippen LogP contribution in [0.1, 0.15) is 31.3 Å². The van der Waals surface area contributed by atoms with Gasteiger partial charge in [-0.2, -0.15) is 0 Å². The predicted molar refractivity (Wildman–Crippen MR) is 134 cm³/mol. The third-order valence-corrected chi connectivity index (χ3v) is 5.67. The van der Waals surface area contributed by atoms with Crippen LogP contribution in [0, 0.1) is 0 Å². The third-order valence-electron chi connectivity index (χ3n) is 5.23. The number of nitrogens with two attached hydrogens (primary N) is 1. The predicted octanol–water partition coefficient (Wildman–Crippen LogP) is 4.81. The summed E-state index contributed by atoms with van der Waals surface area (Å²) in [4.78, 5) is 12.7. The molecular formula is C25H25Cl2N5O2. The molecule has 0 bridgehead atoms. The van der Waals surface area contributed by atoms with E-state index in [1.807, 2.05) is 54.6 Å². The highest BCUT2D eigenvalue weighted by Gasteiger charge is 2.28. The molecule has 3 N–H and O–H groups in total. The smallest absolute Gasteiger partial charge is 0.240 e. The van der Waals surface area contributed by atoms with Crippen LogP contribution in [0.15, 0.2) is 66.9 Å². The normalized spacial score (nSPS) is 12.6. The van der Waals surface area contributed by atoms with Gasteiger partial charge in [-0.15, -0.1) is 10.2 Å². The molecule has 2 aromatic carbocycles. The number of ether oxygens (including phenoxy) is 1. The van der Waals surface area contributed by atoms with Gasteiger partial charge in [-0.25, -0.2) is 0 Å². The SMILES string of the molecule is CC(C)(N)C(=O)N[C@H](COCc1ccccc1)c1nnc2c(-c3cccc(Cl)c3)cc(Cl)cn12. The zero-order chi connectivity index (χ0) is 24.3. The summed E-state index contributed by atoms with van der Waals surface area (Å²) >= 11 is 12.7. The maximum atomic E-state index is 12.7. The summed E-state index contributed by atoms with van der Waals surface area (Å²) in [6, 6.07) is 18.4. The number of nitrogens with one attached hydrogen (secondary N) is 1. The standard InChI is InChI=1S/C25H25Cl2N5O2/c1-25(2,28)24(33)29-21(15-34-14-16-7-4-3-5-8-16)23-31-30-22-20(12-19(27)13-32(22)23)17-9-6-10-18(26)11-17/h3-13,21H,14-15,28H2,1-2H3,(H,29,33)/t21-/m1/s1. The van der Waals surface area contributed by atoms with Gasteiger partial charge in [0.25, 0.3) is 0 Å². The Hall–Kier alpha value is -2.97. The lowest BCUT2D eigenvalue weighted by atomic mass is 10.1. The Balaban J connectivity index is 1.70. The van der Waals surface area contributed by atoms with E-state index in [0.717, 1.165) is 16.7 Å². The van der Waals surface area contributed by atoms with Crippen molar-refractivity contribution in [2.45, 2.75) is 32.0 Å². The number of hydrogen-bond acceptors (Lipinski definition) is 5. The molecular weight excluding hydrogens is 473 g/mol. The fourth-order valence-electron chi connectivity index (χ4n) is 3.48. The molecule has 0 saturated carbocycles. The number of hydrogen-bond donors (Lipinski definition) is 2. The monoisotopic (exact) mass is 497 g/mol. The molecule has 0 aliphatic heterocycles. The fourth-order valence-corrected chi connectivity index (χ4v) is 3.87. The summed E-state index contributed by atoms with van der Waals surface area (Å²) in [5.41, 5.74) is 8.15. The van der Waals surface area contributed by atoms with E-state index in [-0.39, 0.29) is 12.5 Å². The lowest BCUT2D eigenvalue weighted by Crippen LogP contribution is -2.50. The molecule has 2 aromatic heterocycles. The molecule has 0 radical (unpaired) electrons. The van der Waals surface area contributed by atoms with Crippen LogP contribution in [-0.4, -0.2) is 32.7 Å². The molecule has 0 unspecified atom stereocenters. The molecule has 4 aromatic rings. The second-order valence-electron chi connectivity index (χ2n) is 8.58. The van der Waals surface area contributed by atoms with Crippen LogP contribution in [0.3, 0.4) is 0 Å². The van der Waals surface area contributed by atoms with Crippen molar-refractivity contribution in [1.29, 1.82) is 0 Å². The molecule has 0 fully saturated rings. The van der Waals surface area contributed by atoms with Gasteiger partial charge in [0.1, 0.15) is 6.04 Å². The van der Waals surface area contributed by atoms with E-state index in [2.05, 4.69) is 15.5 Å². The van der Waals surface area contributed by atoms with Gasteiger partial charge in [0.2, 0.25) is 5.91 Å². The van der Waals surface area contributed by atoms with Crippen LogP contribution in [0.5, 0.6) is 0 Å². The molecule has 0 saturated heterocycles. The summed E-state index contributed by atoms with van der Waals surface area (Å²) < 4.78 is 7.70. The van der Waals surface area contributed by atoms with Gasteiger partial charge >= 0.3 is 0 Å². The minimum atomic E-state index is -1.08. The number of carbonyl (C=O) groups is 1. The quantitative estimate of drug-likeness (QED) is 0.364. The van der Waals surface area contributed by atoms with E-state index in [4.69, 9.17) is 33.7 Å². The lowest BCUT2D eigenvalue weighted by molar-refractivity contribution is -0.126. The number of fused-ring (bicyclic) bond motifs is 1. The zero-order valence-corrected chi connectivity index (χ0v) is 20.3. The highest BCUT2D eigenvalue weighted by atomic mass is 35.5. The van der Waals surface area contributed by atoms with Gasteiger partial charge in [-0.05, 0) is 43.2 Å². The number of pyridine rings is 1. The molecule has 7 nitrogen and oxygen atoms in total. The van der Waals surface area contributed by atoms with Gasteiger partial charge in [-0.3, -0.25) is 9.20 Å². The summed E-state index contributed by atoms with van der Waals surface area (Å²) in [5, 5.41) is 12.8. The van der Waals surface area contributed by atoms with E-state index >= 15 is 0 Å². The number of aromatic nitrogens is 3. The van der Waals surface area contributed by atoms with Crippen LogP contribution in [0.25, 0.3) is 16.8 Å². The van der Waals surface area contributed by atoms with Crippen molar-refractivity contribution < 1.29 is 9.53 Å². The average Bonchev–Trinajstić information content (AvgIpc) is 3.21. The highest BCUT2D eigenvalue weighted by molar-refractivity contribution is 6.31. The molecule has 176 valence electrons. The first-order chi connectivity index (χ1) is 16.2. The molecule has 0 aliphatic carbocycles. The molecule has 9 heteroatoms. The van der Waals surface area contributed by atoms with Crippen molar-refractivity contribution >= 4 is 34.8 Å². The van der Waals surface area contributed by atoms with Crippen LogP contribution in [0.4, 0.5) is 0 Å². The molecule has 1 atom stereocenters. The van der Waals surface area contributed by atoms with Crippen molar-refractivity contribution in [2.24, 2.45) is 5.73 Å². The molecule has 2 heterocycles. The minimum absolute atomic E-state index is 0.163. The number of rotatable bonds is 8. The Morgan fingerprint density at radius 1 is 1.09 bits per heavy atom. The van der Waals surface area contributed by atoms with Crippen LogP contribution in [0.2, 0.25) is 10.0 Å². The fraction of sp³-hybridized carbons (Fsp3) is 0.240. The summed E-state index contributed by atoms with van der Waals surface area (Å²) in [7, 11) is 0. The maximum absolute atomic E-state index is 12.7. The topological polar surface area (TPSA) is 94.5 Å². The molecule has 34 heavy (non-hydrogen) atoms.